The number of carbonyl (C=O) groups excluding carboxylic acids is 2. The van der Waals surface area contributed by atoms with E-state index in [-0.39, 0.29) is 17.9 Å². The van der Waals surface area contributed by atoms with Crippen LogP contribution in [-0.2, 0) is 9.59 Å². The van der Waals surface area contributed by atoms with E-state index < -0.39 is 0 Å². The fourth-order valence-corrected chi connectivity index (χ4v) is 2.54. The molecule has 1 aliphatic rings. The van der Waals surface area contributed by atoms with E-state index in [1.54, 1.807) is 0 Å². The summed E-state index contributed by atoms with van der Waals surface area (Å²) in [6, 6.07) is 7.98. The Kier molecular flexibility index (Phi) is 5.20. The lowest BCUT2D eigenvalue weighted by atomic mass is 10.2. The molecule has 1 aliphatic heterocycles. The van der Waals surface area contributed by atoms with Crippen molar-refractivity contribution in [2.45, 2.75) is 32.7 Å². The molecule has 114 valence electrons. The number of carbonyl (C=O) groups is 2. The summed E-state index contributed by atoms with van der Waals surface area (Å²) < 4.78 is 0. The fourth-order valence-electron chi connectivity index (χ4n) is 2.54. The first kappa shape index (κ1) is 15.4. The lowest BCUT2D eigenvalue weighted by molar-refractivity contribution is -0.125. The van der Waals surface area contributed by atoms with Crippen LogP contribution in [0.3, 0.4) is 0 Å². The number of benzene rings is 1. The van der Waals surface area contributed by atoms with Gasteiger partial charge >= 0.3 is 0 Å². The van der Waals surface area contributed by atoms with E-state index in [4.69, 9.17) is 0 Å². The molecule has 21 heavy (non-hydrogen) atoms. The minimum atomic E-state index is -0.355. The average Bonchev–Trinajstić information content (AvgIpc) is 2.90. The van der Waals surface area contributed by atoms with Gasteiger partial charge in [-0.25, -0.2) is 0 Å². The molecule has 1 fully saturated rings. The predicted molar refractivity (Wildman–Crippen MR) is 83.2 cm³/mol. The van der Waals surface area contributed by atoms with Crippen LogP contribution in [0.4, 0.5) is 5.69 Å². The summed E-state index contributed by atoms with van der Waals surface area (Å²) in [5.74, 6) is -0.119. The summed E-state index contributed by atoms with van der Waals surface area (Å²) in [4.78, 5) is 25.2. The molecule has 1 heterocycles. The van der Waals surface area contributed by atoms with Gasteiger partial charge in [0.2, 0.25) is 11.8 Å². The van der Waals surface area contributed by atoms with Crippen molar-refractivity contribution in [3.05, 3.63) is 29.8 Å². The Bertz CT molecular complexity index is 516. The van der Waals surface area contributed by atoms with Crippen LogP contribution in [0, 0.1) is 6.92 Å². The molecule has 0 radical (unpaired) electrons. The first-order valence-corrected chi connectivity index (χ1v) is 7.49. The zero-order valence-electron chi connectivity index (χ0n) is 12.7. The molecule has 5 nitrogen and oxygen atoms in total. The number of anilines is 1. The molecule has 0 spiro atoms. The quantitative estimate of drug-likeness (QED) is 0.827. The van der Waals surface area contributed by atoms with Crippen molar-refractivity contribution in [1.29, 1.82) is 0 Å². The van der Waals surface area contributed by atoms with Gasteiger partial charge in [-0.15, -0.1) is 0 Å². The second-order valence-electron chi connectivity index (χ2n) is 5.37. The van der Waals surface area contributed by atoms with Crippen molar-refractivity contribution in [1.82, 2.24) is 10.6 Å². The number of nitrogens with zero attached hydrogens (tertiary/aromatic N) is 1. The van der Waals surface area contributed by atoms with Gasteiger partial charge < -0.3 is 15.5 Å². The molecule has 0 saturated carbocycles. The maximum absolute atomic E-state index is 11.9. The van der Waals surface area contributed by atoms with Crippen LogP contribution in [-0.4, -0.2) is 37.5 Å². The summed E-state index contributed by atoms with van der Waals surface area (Å²) in [6.07, 6.45) is 1.04. The maximum atomic E-state index is 11.9. The molecule has 2 rings (SSSR count). The van der Waals surface area contributed by atoms with Crippen LogP contribution in [0.15, 0.2) is 24.3 Å². The third kappa shape index (κ3) is 4.21. The molecule has 1 aromatic carbocycles. The van der Waals surface area contributed by atoms with Crippen LogP contribution in [0.2, 0.25) is 0 Å². The van der Waals surface area contributed by atoms with Gasteiger partial charge in [0.15, 0.2) is 0 Å². The Morgan fingerprint density at radius 1 is 1.48 bits per heavy atom. The Morgan fingerprint density at radius 2 is 2.29 bits per heavy atom. The van der Waals surface area contributed by atoms with Gasteiger partial charge in [0, 0.05) is 31.7 Å². The fraction of sp³-hybridized carbons (Fsp3) is 0.500. The first-order valence-electron chi connectivity index (χ1n) is 7.49. The largest absolute Gasteiger partial charge is 0.370 e. The number of hydrogen-bond acceptors (Lipinski definition) is 3. The van der Waals surface area contributed by atoms with Gasteiger partial charge in [-0.3, -0.25) is 9.59 Å². The zero-order chi connectivity index (χ0) is 15.2. The summed E-state index contributed by atoms with van der Waals surface area (Å²) in [6.45, 7) is 6.39. The van der Waals surface area contributed by atoms with Crippen molar-refractivity contribution in [3.63, 3.8) is 0 Å². The third-order valence-corrected chi connectivity index (χ3v) is 3.74. The van der Waals surface area contributed by atoms with Crippen LogP contribution < -0.4 is 15.5 Å². The summed E-state index contributed by atoms with van der Waals surface area (Å²) >= 11 is 0. The number of likely N-dealkylation sites (N-methyl/N-ethyl adjacent to an activating group) is 1. The number of amides is 2. The van der Waals surface area contributed by atoms with Crippen molar-refractivity contribution < 1.29 is 9.59 Å². The number of aryl methyl sites for hydroxylation is 1. The summed E-state index contributed by atoms with van der Waals surface area (Å²) in [5.41, 5.74) is 2.39. The molecule has 1 saturated heterocycles. The monoisotopic (exact) mass is 289 g/mol. The van der Waals surface area contributed by atoms with Crippen molar-refractivity contribution in [2.75, 3.05) is 24.5 Å². The van der Waals surface area contributed by atoms with E-state index in [9.17, 15) is 9.59 Å². The van der Waals surface area contributed by atoms with Crippen LogP contribution in [0.1, 0.15) is 25.3 Å². The van der Waals surface area contributed by atoms with E-state index >= 15 is 0 Å². The zero-order valence-corrected chi connectivity index (χ0v) is 12.7. The standard InChI is InChI=1S/C16H23N3O2/c1-3-19(13-6-4-5-12(2)11-13)10-9-17-16(21)14-7-8-15(20)18-14/h4-6,11,14H,3,7-10H2,1-2H3,(H,17,21)(H,18,20)/t14-/m0/s1. The van der Waals surface area contributed by atoms with E-state index in [2.05, 4.69) is 47.6 Å². The minimum absolute atomic E-state index is 0.0369. The highest BCUT2D eigenvalue weighted by atomic mass is 16.2. The molecule has 0 bridgehead atoms. The van der Waals surface area contributed by atoms with Gasteiger partial charge in [-0.05, 0) is 38.0 Å². The average molecular weight is 289 g/mol. The van der Waals surface area contributed by atoms with Crippen molar-refractivity contribution >= 4 is 17.5 Å². The van der Waals surface area contributed by atoms with Crippen molar-refractivity contribution in [2.24, 2.45) is 0 Å². The maximum Gasteiger partial charge on any atom is 0.242 e. The highest BCUT2D eigenvalue weighted by Gasteiger charge is 2.26. The molecule has 2 amide bonds. The molecular weight excluding hydrogens is 266 g/mol. The first-order chi connectivity index (χ1) is 10.1. The van der Waals surface area contributed by atoms with Crippen LogP contribution in [0.25, 0.3) is 0 Å². The number of rotatable bonds is 6. The lowest BCUT2D eigenvalue weighted by Gasteiger charge is -2.24. The van der Waals surface area contributed by atoms with E-state index in [1.165, 1.54) is 11.3 Å². The van der Waals surface area contributed by atoms with E-state index in [1.807, 2.05) is 6.07 Å². The molecule has 1 atom stereocenters. The van der Waals surface area contributed by atoms with Gasteiger partial charge in [-0.2, -0.15) is 0 Å². The Balaban J connectivity index is 1.81. The van der Waals surface area contributed by atoms with Crippen molar-refractivity contribution in [3.8, 4) is 0 Å². The summed E-state index contributed by atoms with van der Waals surface area (Å²) in [5, 5.41) is 5.58. The van der Waals surface area contributed by atoms with Gasteiger partial charge in [0.25, 0.3) is 0 Å². The molecular formula is C16H23N3O2. The molecule has 0 unspecified atom stereocenters. The smallest absolute Gasteiger partial charge is 0.242 e. The second kappa shape index (κ2) is 7.11. The molecule has 0 aromatic heterocycles. The Morgan fingerprint density at radius 3 is 2.90 bits per heavy atom. The second-order valence-corrected chi connectivity index (χ2v) is 5.37. The minimum Gasteiger partial charge on any atom is -0.370 e. The highest BCUT2D eigenvalue weighted by Crippen LogP contribution is 2.15. The number of hydrogen-bond donors (Lipinski definition) is 2. The normalized spacial score (nSPS) is 17.4. The molecule has 1 aromatic rings. The van der Waals surface area contributed by atoms with E-state index in [0.717, 1.165) is 13.1 Å². The number of nitrogens with one attached hydrogen (secondary N) is 2. The molecule has 2 N–H and O–H groups in total. The van der Waals surface area contributed by atoms with Crippen LogP contribution in [0.5, 0.6) is 0 Å². The molecule has 0 aliphatic carbocycles. The van der Waals surface area contributed by atoms with Crippen LogP contribution >= 0.6 is 0 Å². The lowest BCUT2D eigenvalue weighted by Crippen LogP contribution is -2.44. The SMILES string of the molecule is CCN(CCNC(=O)[C@@H]1CCC(=O)N1)c1cccc(C)c1. The molecule has 5 heteroatoms. The van der Waals surface area contributed by atoms with Gasteiger partial charge in [0.1, 0.15) is 6.04 Å². The van der Waals surface area contributed by atoms with Gasteiger partial charge in [0.05, 0.1) is 0 Å². The Hall–Kier alpha value is -2.04. The highest BCUT2D eigenvalue weighted by molar-refractivity contribution is 5.90. The van der Waals surface area contributed by atoms with E-state index in [0.29, 0.717) is 19.4 Å². The Labute approximate surface area is 125 Å². The third-order valence-electron chi connectivity index (χ3n) is 3.74. The van der Waals surface area contributed by atoms with Gasteiger partial charge in [-0.1, -0.05) is 12.1 Å². The topological polar surface area (TPSA) is 61.4 Å². The predicted octanol–water partition coefficient (Wildman–Crippen LogP) is 1.22. The summed E-state index contributed by atoms with van der Waals surface area (Å²) in [7, 11) is 0.